The van der Waals surface area contributed by atoms with Crippen LogP contribution in [0, 0.1) is 0 Å². The van der Waals surface area contributed by atoms with Crippen molar-refractivity contribution in [1.82, 2.24) is 15.5 Å². The summed E-state index contributed by atoms with van der Waals surface area (Å²) in [7, 11) is 1.58. The molecule has 0 bridgehead atoms. The van der Waals surface area contributed by atoms with Crippen LogP contribution in [-0.2, 0) is 11.3 Å². The number of carbonyl (C=O) groups excluding carboxylic acids is 2. The van der Waals surface area contributed by atoms with Crippen LogP contribution in [0.25, 0.3) is 0 Å². The fourth-order valence-electron chi connectivity index (χ4n) is 2.21. The summed E-state index contributed by atoms with van der Waals surface area (Å²) in [5, 5.41) is 13.5. The maximum absolute atomic E-state index is 12.0. The molecular formula is C19H18N4O4S. The third kappa shape index (κ3) is 5.58. The Morgan fingerprint density at radius 2 is 1.82 bits per heavy atom. The van der Waals surface area contributed by atoms with Gasteiger partial charge in [-0.2, -0.15) is 0 Å². The summed E-state index contributed by atoms with van der Waals surface area (Å²) < 4.78 is 10.5. The first-order valence-electron chi connectivity index (χ1n) is 8.36. The molecule has 0 spiro atoms. The standard InChI is InChI=1S/C19H18N4O4S/c1-26-15-9-7-14(8-10-15)21-16(24)12-28-19-23-22-17(27-19)11-20-18(25)13-5-3-2-4-6-13/h2-10H,11-12H2,1H3,(H,20,25)(H,21,24). The summed E-state index contributed by atoms with van der Waals surface area (Å²) in [6.07, 6.45) is 0. The molecule has 2 N–H and O–H groups in total. The van der Waals surface area contributed by atoms with Gasteiger partial charge in [-0.15, -0.1) is 10.2 Å². The highest BCUT2D eigenvalue weighted by atomic mass is 32.2. The minimum Gasteiger partial charge on any atom is -0.497 e. The van der Waals surface area contributed by atoms with Gasteiger partial charge >= 0.3 is 0 Å². The molecule has 9 heteroatoms. The van der Waals surface area contributed by atoms with E-state index in [1.807, 2.05) is 6.07 Å². The SMILES string of the molecule is COc1ccc(NC(=O)CSc2nnc(CNC(=O)c3ccccc3)o2)cc1. The van der Waals surface area contributed by atoms with E-state index in [0.717, 1.165) is 11.8 Å². The van der Waals surface area contributed by atoms with Crippen LogP contribution in [0.1, 0.15) is 16.2 Å². The predicted octanol–water partition coefficient (Wildman–Crippen LogP) is 2.74. The molecule has 28 heavy (non-hydrogen) atoms. The molecule has 144 valence electrons. The lowest BCUT2D eigenvalue weighted by molar-refractivity contribution is -0.113. The molecule has 0 aliphatic rings. The van der Waals surface area contributed by atoms with E-state index in [9.17, 15) is 9.59 Å². The highest BCUT2D eigenvalue weighted by Gasteiger charge is 2.11. The molecular weight excluding hydrogens is 380 g/mol. The normalized spacial score (nSPS) is 10.3. The van der Waals surface area contributed by atoms with Crippen molar-refractivity contribution in [3.63, 3.8) is 0 Å². The number of aromatic nitrogens is 2. The molecule has 2 aromatic carbocycles. The average molecular weight is 398 g/mol. The molecule has 3 rings (SSSR count). The highest BCUT2D eigenvalue weighted by Crippen LogP contribution is 2.18. The van der Waals surface area contributed by atoms with E-state index < -0.39 is 0 Å². The number of nitrogens with zero attached hydrogens (tertiary/aromatic N) is 2. The Morgan fingerprint density at radius 3 is 2.54 bits per heavy atom. The van der Waals surface area contributed by atoms with Gasteiger partial charge in [-0.25, -0.2) is 0 Å². The summed E-state index contributed by atoms with van der Waals surface area (Å²) in [4.78, 5) is 24.0. The molecule has 0 radical (unpaired) electrons. The Morgan fingerprint density at radius 1 is 1.07 bits per heavy atom. The van der Waals surface area contributed by atoms with Crippen LogP contribution in [0.3, 0.4) is 0 Å². The molecule has 1 aromatic heterocycles. The van der Waals surface area contributed by atoms with Gasteiger partial charge in [0.05, 0.1) is 19.4 Å². The first-order chi connectivity index (χ1) is 13.6. The van der Waals surface area contributed by atoms with Crippen LogP contribution in [0.2, 0.25) is 0 Å². The predicted molar refractivity (Wildman–Crippen MR) is 104 cm³/mol. The van der Waals surface area contributed by atoms with Gasteiger partial charge in [0.1, 0.15) is 5.75 Å². The molecule has 8 nitrogen and oxygen atoms in total. The van der Waals surface area contributed by atoms with Crippen molar-refractivity contribution in [2.75, 3.05) is 18.2 Å². The van der Waals surface area contributed by atoms with E-state index in [1.54, 1.807) is 55.6 Å². The number of anilines is 1. The van der Waals surface area contributed by atoms with Crippen LogP contribution in [0.15, 0.2) is 64.2 Å². The van der Waals surface area contributed by atoms with E-state index in [2.05, 4.69) is 20.8 Å². The average Bonchev–Trinajstić information content (AvgIpc) is 3.19. The van der Waals surface area contributed by atoms with E-state index in [-0.39, 0.29) is 35.2 Å². The monoisotopic (exact) mass is 398 g/mol. The van der Waals surface area contributed by atoms with Crippen LogP contribution in [-0.4, -0.2) is 34.9 Å². The van der Waals surface area contributed by atoms with Crippen molar-refractivity contribution >= 4 is 29.3 Å². The minimum atomic E-state index is -0.230. The Kier molecular flexibility index (Phi) is 6.64. The quantitative estimate of drug-likeness (QED) is 0.562. The number of carbonyl (C=O) groups is 2. The highest BCUT2D eigenvalue weighted by molar-refractivity contribution is 7.99. The Labute approximate surface area is 165 Å². The first kappa shape index (κ1) is 19.4. The van der Waals surface area contributed by atoms with Gasteiger partial charge in [0.2, 0.25) is 11.8 Å². The molecule has 0 aliphatic carbocycles. The summed E-state index contributed by atoms with van der Waals surface area (Å²) >= 11 is 1.12. The van der Waals surface area contributed by atoms with Gasteiger partial charge in [0.25, 0.3) is 11.1 Å². The molecule has 0 aliphatic heterocycles. The molecule has 0 saturated heterocycles. The number of benzene rings is 2. The Bertz CT molecular complexity index is 929. The van der Waals surface area contributed by atoms with Gasteiger partial charge in [-0.1, -0.05) is 30.0 Å². The zero-order valence-electron chi connectivity index (χ0n) is 15.0. The van der Waals surface area contributed by atoms with Crippen molar-refractivity contribution in [2.45, 2.75) is 11.8 Å². The molecule has 0 saturated carbocycles. The largest absolute Gasteiger partial charge is 0.497 e. The smallest absolute Gasteiger partial charge is 0.277 e. The maximum atomic E-state index is 12.0. The van der Waals surface area contributed by atoms with Crippen molar-refractivity contribution in [3.05, 3.63) is 66.1 Å². The number of rotatable bonds is 8. The zero-order chi connectivity index (χ0) is 19.8. The van der Waals surface area contributed by atoms with E-state index >= 15 is 0 Å². The van der Waals surface area contributed by atoms with Gasteiger partial charge in [-0.3, -0.25) is 9.59 Å². The summed E-state index contributed by atoms with van der Waals surface area (Å²) in [6, 6.07) is 15.9. The van der Waals surface area contributed by atoms with Gasteiger partial charge < -0.3 is 19.8 Å². The molecule has 1 heterocycles. The lowest BCUT2D eigenvalue weighted by Gasteiger charge is -2.05. The topological polar surface area (TPSA) is 106 Å². The second-order valence-corrected chi connectivity index (χ2v) is 6.50. The summed E-state index contributed by atoms with van der Waals surface area (Å²) in [6.45, 7) is 0.110. The van der Waals surface area contributed by atoms with Crippen molar-refractivity contribution < 1.29 is 18.7 Å². The lowest BCUT2D eigenvalue weighted by Crippen LogP contribution is -2.22. The van der Waals surface area contributed by atoms with Gasteiger partial charge in [0.15, 0.2) is 0 Å². The summed E-state index contributed by atoms with van der Waals surface area (Å²) in [5.74, 6) is 0.663. The second-order valence-electron chi connectivity index (χ2n) is 5.58. The Balaban J connectivity index is 1.43. The molecule has 0 atom stereocenters. The van der Waals surface area contributed by atoms with Crippen molar-refractivity contribution in [1.29, 1.82) is 0 Å². The number of thioether (sulfide) groups is 1. The van der Waals surface area contributed by atoms with Crippen LogP contribution >= 0.6 is 11.8 Å². The molecule has 3 aromatic rings. The fourth-order valence-corrected chi connectivity index (χ4v) is 2.79. The Hall–Kier alpha value is -3.33. The number of hydrogen-bond acceptors (Lipinski definition) is 7. The lowest BCUT2D eigenvalue weighted by atomic mass is 10.2. The number of hydrogen-bond donors (Lipinski definition) is 2. The summed E-state index contributed by atoms with van der Waals surface area (Å²) in [5.41, 5.74) is 1.22. The van der Waals surface area contributed by atoms with E-state index in [0.29, 0.717) is 17.0 Å². The fraction of sp³-hybridized carbons (Fsp3) is 0.158. The maximum Gasteiger partial charge on any atom is 0.277 e. The first-order valence-corrected chi connectivity index (χ1v) is 9.35. The van der Waals surface area contributed by atoms with Crippen LogP contribution in [0.4, 0.5) is 5.69 Å². The van der Waals surface area contributed by atoms with Crippen molar-refractivity contribution in [3.8, 4) is 5.75 Å². The van der Waals surface area contributed by atoms with Crippen LogP contribution < -0.4 is 15.4 Å². The second kappa shape index (κ2) is 9.56. The van der Waals surface area contributed by atoms with Gasteiger partial charge in [-0.05, 0) is 36.4 Å². The number of methoxy groups -OCH3 is 1. The number of nitrogens with one attached hydrogen (secondary N) is 2. The minimum absolute atomic E-state index is 0.110. The third-order valence-electron chi connectivity index (χ3n) is 3.58. The van der Waals surface area contributed by atoms with Crippen LogP contribution in [0.5, 0.6) is 5.75 Å². The third-order valence-corrected chi connectivity index (χ3v) is 4.40. The van der Waals surface area contributed by atoms with E-state index in [1.165, 1.54) is 0 Å². The zero-order valence-corrected chi connectivity index (χ0v) is 15.9. The number of ether oxygens (including phenoxy) is 1. The van der Waals surface area contributed by atoms with Crippen molar-refractivity contribution in [2.24, 2.45) is 0 Å². The molecule has 0 fully saturated rings. The van der Waals surface area contributed by atoms with E-state index in [4.69, 9.17) is 9.15 Å². The molecule has 0 unspecified atom stereocenters. The number of amides is 2. The molecule has 2 amide bonds. The van der Waals surface area contributed by atoms with Gasteiger partial charge in [0, 0.05) is 11.3 Å².